The molecule has 7 nitrogen and oxygen atoms in total. The number of anilines is 2. The van der Waals surface area contributed by atoms with E-state index in [1.165, 1.54) is 4.68 Å². The van der Waals surface area contributed by atoms with Crippen molar-refractivity contribution in [1.82, 2.24) is 19.4 Å². The predicted molar refractivity (Wildman–Crippen MR) is 70.9 cm³/mol. The molecule has 0 aliphatic heterocycles. The maximum atomic E-state index is 11.9. The van der Waals surface area contributed by atoms with E-state index in [1.54, 1.807) is 12.3 Å². The van der Waals surface area contributed by atoms with Gasteiger partial charge >= 0.3 is 0 Å². The van der Waals surface area contributed by atoms with Gasteiger partial charge in [-0.25, -0.2) is 4.68 Å². The lowest BCUT2D eigenvalue weighted by atomic mass is 10.4. The van der Waals surface area contributed by atoms with Gasteiger partial charge in [-0.15, -0.1) is 5.10 Å². The molecule has 8 heteroatoms. The fourth-order valence-corrected chi connectivity index (χ4v) is 1.84. The van der Waals surface area contributed by atoms with Gasteiger partial charge < -0.3 is 10.6 Å². The summed E-state index contributed by atoms with van der Waals surface area (Å²) < 4.78 is 5.04. The quantitative estimate of drug-likeness (QED) is 0.849. The smallest absolute Gasteiger partial charge is 0.269 e. The van der Waals surface area contributed by atoms with Crippen molar-refractivity contribution in [2.24, 2.45) is 0 Å². The van der Waals surface area contributed by atoms with Gasteiger partial charge in [0.1, 0.15) is 10.7 Å². The molecule has 2 aromatic heterocycles. The first-order valence-electron chi connectivity index (χ1n) is 5.46. The van der Waals surface area contributed by atoms with Gasteiger partial charge in [0.05, 0.1) is 18.4 Å². The highest BCUT2D eigenvalue weighted by molar-refractivity contribution is 7.09. The van der Waals surface area contributed by atoms with E-state index in [2.05, 4.69) is 14.7 Å². The summed E-state index contributed by atoms with van der Waals surface area (Å²) in [6.45, 7) is 3.07. The van der Waals surface area contributed by atoms with E-state index >= 15 is 0 Å². The average molecular weight is 266 g/mol. The normalized spacial score (nSPS) is 10.6. The minimum absolute atomic E-state index is 0.180. The molecule has 0 fully saturated rings. The maximum Gasteiger partial charge on any atom is 0.269 e. The Morgan fingerprint density at radius 1 is 1.56 bits per heavy atom. The molecule has 18 heavy (non-hydrogen) atoms. The second-order valence-electron chi connectivity index (χ2n) is 3.81. The molecule has 2 aromatic rings. The van der Waals surface area contributed by atoms with Gasteiger partial charge in [-0.1, -0.05) is 4.49 Å². The molecule has 0 spiro atoms. The van der Waals surface area contributed by atoms with Crippen LogP contribution < -0.4 is 16.2 Å². The molecule has 0 aromatic carbocycles. The second-order valence-corrected chi connectivity index (χ2v) is 4.59. The molecule has 0 atom stereocenters. The Labute approximate surface area is 108 Å². The summed E-state index contributed by atoms with van der Waals surface area (Å²) >= 11 is 1.11. The monoisotopic (exact) mass is 266 g/mol. The number of nitrogens with two attached hydrogens (primary N) is 1. The third-order valence-corrected chi connectivity index (χ3v) is 3.25. The Morgan fingerprint density at radius 2 is 2.33 bits per heavy atom. The highest BCUT2D eigenvalue weighted by Gasteiger charge is 2.08. The standard InChI is InChI=1S/C10H14N6OS/c1-3-15(2)7-4-9(17)16(12-5-7)6-8-10(11)18-14-13-8/h4-5H,3,6,11H2,1-2H3. The Bertz CT molecular complexity index is 592. The van der Waals surface area contributed by atoms with E-state index in [0.29, 0.717) is 10.7 Å². The van der Waals surface area contributed by atoms with Crippen LogP contribution >= 0.6 is 11.5 Å². The summed E-state index contributed by atoms with van der Waals surface area (Å²) in [6.07, 6.45) is 1.65. The van der Waals surface area contributed by atoms with Crippen molar-refractivity contribution < 1.29 is 0 Å². The van der Waals surface area contributed by atoms with E-state index in [9.17, 15) is 4.79 Å². The van der Waals surface area contributed by atoms with Crippen LogP contribution in [0.3, 0.4) is 0 Å². The van der Waals surface area contributed by atoms with E-state index in [1.807, 2.05) is 18.9 Å². The zero-order valence-electron chi connectivity index (χ0n) is 10.2. The molecule has 0 aliphatic carbocycles. The number of hydrogen-bond acceptors (Lipinski definition) is 7. The summed E-state index contributed by atoms with van der Waals surface area (Å²) in [5.74, 6) is 0. The minimum Gasteiger partial charge on any atom is -0.388 e. The summed E-state index contributed by atoms with van der Waals surface area (Å²) in [6, 6.07) is 1.55. The van der Waals surface area contributed by atoms with Crippen LogP contribution in [0.4, 0.5) is 10.7 Å². The zero-order chi connectivity index (χ0) is 13.1. The fraction of sp³-hybridized carbons (Fsp3) is 0.400. The van der Waals surface area contributed by atoms with Crippen molar-refractivity contribution in [2.45, 2.75) is 13.5 Å². The van der Waals surface area contributed by atoms with Crippen molar-refractivity contribution >= 4 is 22.2 Å². The van der Waals surface area contributed by atoms with E-state index in [-0.39, 0.29) is 12.1 Å². The first-order valence-corrected chi connectivity index (χ1v) is 6.24. The first kappa shape index (κ1) is 12.5. The van der Waals surface area contributed by atoms with Crippen molar-refractivity contribution in [3.63, 3.8) is 0 Å². The third kappa shape index (κ3) is 2.48. The molecule has 2 N–H and O–H groups in total. The molecule has 0 saturated heterocycles. The van der Waals surface area contributed by atoms with Crippen molar-refractivity contribution in [2.75, 3.05) is 24.2 Å². The average Bonchev–Trinajstić information content (AvgIpc) is 2.76. The van der Waals surface area contributed by atoms with Gasteiger partial charge in [0, 0.05) is 31.2 Å². The zero-order valence-corrected chi connectivity index (χ0v) is 11.0. The molecule has 96 valence electrons. The molecule has 2 heterocycles. The number of nitrogen functional groups attached to an aromatic ring is 1. The predicted octanol–water partition coefficient (Wildman–Crippen LogP) is 0.181. The Hall–Kier alpha value is -1.96. The van der Waals surface area contributed by atoms with Gasteiger partial charge in [-0.3, -0.25) is 4.79 Å². The molecule has 2 rings (SSSR count). The molecule has 0 radical (unpaired) electrons. The number of nitrogens with zero attached hydrogens (tertiary/aromatic N) is 5. The summed E-state index contributed by atoms with van der Waals surface area (Å²) in [4.78, 5) is 13.8. The molecular formula is C10H14N6OS. The summed E-state index contributed by atoms with van der Waals surface area (Å²) in [7, 11) is 1.91. The van der Waals surface area contributed by atoms with Gasteiger partial charge in [0.2, 0.25) is 0 Å². The Balaban J connectivity index is 2.26. The number of hydrogen-bond donors (Lipinski definition) is 1. The molecule has 0 unspecified atom stereocenters. The van der Waals surface area contributed by atoms with Crippen LogP contribution in [0.25, 0.3) is 0 Å². The number of rotatable bonds is 4. The summed E-state index contributed by atoms with van der Waals surface area (Å²) in [5.41, 5.74) is 6.87. The van der Waals surface area contributed by atoms with Gasteiger partial charge in [0.25, 0.3) is 5.56 Å². The van der Waals surface area contributed by atoms with Crippen LogP contribution in [-0.4, -0.2) is 33.0 Å². The maximum absolute atomic E-state index is 11.9. The Kier molecular flexibility index (Phi) is 3.56. The largest absolute Gasteiger partial charge is 0.388 e. The van der Waals surface area contributed by atoms with Crippen LogP contribution in [0.1, 0.15) is 12.6 Å². The SMILES string of the molecule is CCN(C)c1cnn(Cc2nnsc2N)c(=O)c1. The van der Waals surface area contributed by atoms with Crippen LogP contribution in [-0.2, 0) is 6.54 Å². The minimum atomic E-state index is -0.180. The highest BCUT2D eigenvalue weighted by Crippen LogP contribution is 2.13. The molecule has 0 bridgehead atoms. The van der Waals surface area contributed by atoms with Gasteiger partial charge in [0.15, 0.2) is 0 Å². The van der Waals surface area contributed by atoms with Gasteiger partial charge in [-0.2, -0.15) is 5.10 Å². The summed E-state index contributed by atoms with van der Waals surface area (Å²) in [5, 5.41) is 8.48. The lowest BCUT2D eigenvalue weighted by Crippen LogP contribution is -2.26. The first-order chi connectivity index (χ1) is 8.61. The second kappa shape index (κ2) is 5.13. The highest BCUT2D eigenvalue weighted by atomic mass is 32.1. The molecular weight excluding hydrogens is 252 g/mol. The van der Waals surface area contributed by atoms with Crippen molar-refractivity contribution in [3.05, 3.63) is 28.3 Å². The topological polar surface area (TPSA) is 89.9 Å². The molecule has 0 aliphatic rings. The van der Waals surface area contributed by atoms with Crippen molar-refractivity contribution in [3.8, 4) is 0 Å². The van der Waals surface area contributed by atoms with Crippen LogP contribution in [0.5, 0.6) is 0 Å². The van der Waals surface area contributed by atoms with E-state index in [0.717, 1.165) is 23.8 Å². The van der Waals surface area contributed by atoms with Crippen LogP contribution in [0, 0.1) is 0 Å². The van der Waals surface area contributed by atoms with Gasteiger partial charge in [-0.05, 0) is 6.92 Å². The van der Waals surface area contributed by atoms with Crippen molar-refractivity contribution in [1.29, 1.82) is 0 Å². The number of aromatic nitrogens is 4. The van der Waals surface area contributed by atoms with Crippen LogP contribution in [0.15, 0.2) is 17.1 Å². The van der Waals surface area contributed by atoms with Crippen LogP contribution in [0.2, 0.25) is 0 Å². The molecule has 0 amide bonds. The lowest BCUT2D eigenvalue weighted by Gasteiger charge is -2.16. The third-order valence-electron chi connectivity index (χ3n) is 2.65. The van der Waals surface area contributed by atoms with E-state index in [4.69, 9.17) is 5.73 Å². The molecule has 0 saturated carbocycles. The lowest BCUT2D eigenvalue weighted by molar-refractivity contribution is 0.626. The van der Waals surface area contributed by atoms with E-state index < -0.39 is 0 Å². The Morgan fingerprint density at radius 3 is 2.89 bits per heavy atom. The fourth-order valence-electron chi connectivity index (χ4n) is 1.40.